The van der Waals surface area contributed by atoms with Crippen LogP contribution in [-0.2, 0) is 4.79 Å². The molecular formula is C22H25F2N3O2S. The van der Waals surface area contributed by atoms with E-state index >= 15 is 0 Å². The molecule has 0 bridgehead atoms. The predicted octanol–water partition coefficient (Wildman–Crippen LogP) is 4.14. The van der Waals surface area contributed by atoms with Gasteiger partial charge in [-0.15, -0.1) is 0 Å². The minimum Gasteiger partial charge on any atom is -0.349 e. The molecule has 0 unspecified atom stereocenters. The van der Waals surface area contributed by atoms with E-state index in [0.29, 0.717) is 27.9 Å². The SMILES string of the molecule is Cc1ccccc1C(=O)NC1CCN(CC(=O)Nc2ccc(SC(F)F)cc2)CC1. The van der Waals surface area contributed by atoms with Crippen LogP contribution in [0.1, 0.15) is 28.8 Å². The highest BCUT2D eigenvalue weighted by molar-refractivity contribution is 7.99. The second kappa shape index (κ2) is 10.5. The molecule has 2 aromatic carbocycles. The van der Waals surface area contributed by atoms with Crippen LogP contribution in [-0.4, -0.2) is 48.1 Å². The number of anilines is 1. The Morgan fingerprint density at radius 3 is 2.40 bits per heavy atom. The van der Waals surface area contributed by atoms with Gasteiger partial charge < -0.3 is 10.6 Å². The summed E-state index contributed by atoms with van der Waals surface area (Å²) >= 11 is 0.474. The maximum Gasteiger partial charge on any atom is 0.288 e. The first-order valence-electron chi connectivity index (χ1n) is 9.84. The number of hydrogen-bond acceptors (Lipinski definition) is 4. The number of carbonyl (C=O) groups is 2. The topological polar surface area (TPSA) is 61.4 Å². The summed E-state index contributed by atoms with van der Waals surface area (Å²) in [5.41, 5.74) is 2.22. The van der Waals surface area contributed by atoms with E-state index in [4.69, 9.17) is 0 Å². The largest absolute Gasteiger partial charge is 0.349 e. The number of nitrogens with zero attached hydrogens (tertiary/aromatic N) is 1. The van der Waals surface area contributed by atoms with Crippen molar-refractivity contribution in [1.29, 1.82) is 0 Å². The molecule has 0 saturated carbocycles. The van der Waals surface area contributed by atoms with Gasteiger partial charge in [0.25, 0.3) is 11.7 Å². The molecule has 8 heteroatoms. The van der Waals surface area contributed by atoms with Gasteiger partial charge in [0.1, 0.15) is 0 Å². The normalized spacial score (nSPS) is 15.2. The van der Waals surface area contributed by atoms with Crippen LogP contribution in [0.5, 0.6) is 0 Å². The second-order valence-corrected chi connectivity index (χ2v) is 8.35. The molecule has 0 aliphatic carbocycles. The quantitative estimate of drug-likeness (QED) is 0.645. The van der Waals surface area contributed by atoms with Crippen LogP contribution in [0.25, 0.3) is 0 Å². The van der Waals surface area contributed by atoms with Crippen molar-refractivity contribution in [3.8, 4) is 0 Å². The fourth-order valence-corrected chi connectivity index (χ4v) is 3.95. The van der Waals surface area contributed by atoms with Crippen molar-refractivity contribution in [2.45, 2.75) is 36.5 Å². The lowest BCUT2D eigenvalue weighted by Gasteiger charge is -2.32. The lowest BCUT2D eigenvalue weighted by Crippen LogP contribution is -2.46. The molecule has 1 saturated heterocycles. The van der Waals surface area contributed by atoms with E-state index in [9.17, 15) is 18.4 Å². The number of benzene rings is 2. The summed E-state index contributed by atoms with van der Waals surface area (Å²) in [5, 5.41) is 5.88. The van der Waals surface area contributed by atoms with Gasteiger partial charge in [0.2, 0.25) is 5.91 Å². The lowest BCUT2D eigenvalue weighted by atomic mass is 10.0. The molecule has 1 aliphatic heterocycles. The molecule has 2 aromatic rings. The van der Waals surface area contributed by atoms with Crippen LogP contribution in [0.4, 0.5) is 14.5 Å². The van der Waals surface area contributed by atoms with E-state index in [1.807, 2.05) is 36.1 Å². The number of alkyl halides is 2. The molecule has 2 amide bonds. The highest BCUT2D eigenvalue weighted by Crippen LogP contribution is 2.26. The Labute approximate surface area is 179 Å². The van der Waals surface area contributed by atoms with E-state index < -0.39 is 5.76 Å². The molecule has 5 nitrogen and oxygen atoms in total. The maximum absolute atomic E-state index is 12.4. The molecule has 1 fully saturated rings. The number of hydrogen-bond donors (Lipinski definition) is 2. The standard InChI is InChI=1S/C22H25F2N3O2S/c1-15-4-2-3-5-19(15)21(29)26-17-10-12-27(13-11-17)14-20(28)25-16-6-8-18(9-7-16)30-22(23)24/h2-9,17,22H,10-14H2,1H3,(H,25,28)(H,26,29). The Morgan fingerprint density at radius 2 is 1.77 bits per heavy atom. The fraction of sp³-hybridized carbons (Fsp3) is 0.364. The van der Waals surface area contributed by atoms with Gasteiger partial charge in [-0.3, -0.25) is 14.5 Å². The zero-order chi connectivity index (χ0) is 21.5. The Hall–Kier alpha value is -2.45. The number of aryl methyl sites for hydroxylation is 1. The minimum atomic E-state index is -2.46. The van der Waals surface area contributed by atoms with Gasteiger partial charge in [-0.25, -0.2) is 0 Å². The Kier molecular flexibility index (Phi) is 7.81. The summed E-state index contributed by atoms with van der Waals surface area (Å²) in [7, 11) is 0. The summed E-state index contributed by atoms with van der Waals surface area (Å²) in [6.45, 7) is 3.61. The van der Waals surface area contributed by atoms with Gasteiger partial charge in [-0.05, 0) is 55.7 Å². The number of nitrogens with one attached hydrogen (secondary N) is 2. The van der Waals surface area contributed by atoms with Gasteiger partial charge in [-0.1, -0.05) is 30.0 Å². The summed E-state index contributed by atoms with van der Waals surface area (Å²) in [5.74, 6) is -2.67. The molecule has 0 atom stereocenters. The van der Waals surface area contributed by atoms with Gasteiger partial charge in [-0.2, -0.15) is 8.78 Å². The van der Waals surface area contributed by atoms with Crippen molar-refractivity contribution in [2.24, 2.45) is 0 Å². The van der Waals surface area contributed by atoms with Crippen molar-refractivity contribution in [3.63, 3.8) is 0 Å². The summed E-state index contributed by atoms with van der Waals surface area (Å²) in [6, 6.07) is 14.0. The number of amides is 2. The fourth-order valence-electron chi connectivity index (χ4n) is 3.45. The van der Waals surface area contributed by atoms with Crippen LogP contribution < -0.4 is 10.6 Å². The van der Waals surface area contributed by atoms with E-state index in [2.05, 4.69) is 10.6 Å². The van der Waals surface area contributed by atoms with Gasteiger partial charge in [0.05, 0.1) is 6.54 Å². The molecule has 0 spiro atoms. The monoisotopic (exact) mass is 433 g/mol. The molecule has 2 N–H and O–H groups in total. The zero-order valence-corrected chi connectivity index (χ0v) is 17.6. The highest BCUT2D eigenvalue weighted by atomic mass is 32.2. The average molecular weight is 434 g/mol. The van der Waals surface area contributed by atoms with Crippen molar-refractivity contribution >= 4 is 29.3 Å². The molecule has 1 heterocycles. The number of piperidine rings is 1. The number of thioether (sulfide) groups is 1. The first-order chi connectivity index (χ1) is 14.4. The minimum absolute atomic E-state index is 0.0576. The number of carbonyl (C=O) groups excluding carboxylic acids is 2. The van der Waals surface area contributed by atoms with E-state index in [1.54, 1.807) is 24.3 Å². The van der Waals surface area contributed by atoms with Crippen LogP contribution in [0.15, 0.2) is 53.4 Å². The molecule has 0 aromatic heterocycles. The Morgan fingerprint density at radius 1 is 1.10 bits per heavy atom. The van der Waals surface area contributed by atoms with Crippen molar-refractivity contribution in [3.05, 3.63) is 59.7 Å². The predicted molar refractivity (Wildman–Crippen MR) is 115 cm³/mol. The van der Waals surface area contributed by atoms with Crippen LogP contribution in [0.2, 0.25) is 0 Å². The number of likely N-dealkylation sites (tertiary alicyclic amines) is 1. The average Bonchev–Trinajstić information content (AvgIpc) is 2.71. The van der Waals surface area contributed by atoms with Gasteiger partial charge in [0.15, 0.2) is 0 Å². The summed E-state index contributed by atoms with van der Waals surface area (Å²) < 4.78 is 24.7. The van der Waals surface area contributed by atoms with E-state index in [1.165, 1.54) is 0 Å². The van der Waals surface area contributed by atoms with Gasteiger partial charge >= 0.3 is 0 Å². The number of rotatable bonds is 7. The third-order valence-electron chi connectivity index (χ3n) is 5.04. The Bertz CT molecular complexity index is 869. The van der Waals surface area contributed by atoms with Crippen molar-refractivity contribution < 1.29 is 18.4 Å². The van der Waals surface area contributed by atoms with Crippen LogP contribution >= 0.6 is 11.8 Å². The van der Waals surface area contributed by atoms with Gasteiger partial charge in [0, 0.05) is 35.3 Å². The highest BCUT2D eigenvalue weighted by Gasteiger charge is 2.23. The van der Waals surface area contributed by atoms with Crippen molar-refractivity contribution in [2.75, 3.05) is 25.0 Å². The molecule has 1 aliphatic rings. The van der Waals surface area contributed by atoms with Crippen molar-refractivity contribution in [1.82, 2.24) is 10.2 Å². The second-order valence-electron chi connectivity index (χ2n) is 7.29. The smallest absolute Gasteiger partial charge is 0.288 e. The molecule has 0 radical (unpaired) electrons. The third-order valence-corrected chi connectivity index (χ3v) is 5.77. The summed E-state index contributed by atoms with van der Waals surface area (Å²) in [6.07, 6.45) is 1.56. The molecule has 30 heavy (non-hydrogen) atoms. The lowest BCUT2D eigenvalue weighted by molar-refractivity contribution is -0.117. The van der Waals surface area contributed by atoms with E-state index in [0.717, 1.165) is 31.5 Å². The third kappa shape index (κ3) is 6.53. The first kappa shape index (κ1) is 22.2. The maximum atomic E-state index is 12.4. The first-order valence-corrected chi connectivity index (χ1v) is 10.7. The number of halogens is 2. The molecule has 160 valence electrons. The van der Waals surface area contributed by atoms with Crippen LogP contribution in [0, 0.1) is 6.92 Å². The molecular weight excluding hydrogens is 408 g/mol. The summed E-state index contributed by atoms with van der Waals surface area (Å²) in [4.78, 5) is 27.2. The van der Waals surface area contributed by atoms with Crippen LogP contribution in [0.3, 0.4) is 0 Å². The Balaban J connectivity index is 1.41. The zero-order valence-electron chi connectivity index (χ0n) is 16.7. The molecule has 3 rings (SSSR count). The van der Waals surface area contributed by atoms with E-state index in [-0.39, 0.29) is 24.4 Å².